The van der Waals surface area contributed by atoms with Crippen molar-refractivity contribution in [1.29, 1.82) is 0 Å². The molecule has 23 heavy (non-hydrogen) atoms. The summed E-state index contributed by atoms with van der Waals surface area (Å²) in [5, 5.41) is 21.9. The molecule has 0 bridgehead atoms. The fraction of sp³-hybridized carbons (Fsp3) is 0. The number of nitro groups is 1. The van der Waals surface area contributed by atoms with Gasteiger partial charge in [-0.15, -0.1) is 0 Å². The largest absolute Gasteiger partial charge is 0.478 e. The van der Waals surface area contributed by atoms with E-state index in [2.05, 4.69) is 5.32 Å². The van der Waals surface area contributed by atoms with Gasteiger partial charge in [-0.25, -0.2) is 9.18 Å². The van der Waals surface area contributed by atoms with Crippen molar-refractivity contribution in [1.82, 2.24) is 0 Å². The summed E-state index contributed by atoms with van der Waals surface area (Å²) in [5.74, 6) is -2.85. The van der Waals surface area contributed by atoms with E-state index in [1.807, 2.05) is 0 Å². The number of nitrogens with zero attached hydrogens (tertiary/aromatic N) is 1. The highest BCUT2D eigenvalue weighted by Crippen LogP contribution is 2.24. The number of anilines is 1. The van der Waals surface area contributed by atoms with Gasteiger partial charge in [-0.2, -0.15) is 0 Å². The molecule has 0 unspecified atom stereocenters. The summed E-state index contributed by atoms with van der Waals surface area (Å²) >= 11 is 5.75. The maximum atomic E-state index is 13.0. The molecule has 0 atom stereocenters. The molecule has 2 N–H and O–H groups in total. The minimum atomic E-state index is -1.45. The molecule has 0 aliphatic heterocycles. The third-order valence-electron chi connectivity index (χ3n) is 2.87. The predicted molar refractivity (Wildman–Crippen MR) is 79.4 cm³/mol. The van der Waals surface area contributed by atoms with E-state index in [9.17, 15) is 24.1 Å². The summed E-state index contributed by atoms with van der Waals surface area (Å²) in [7, 11) is 0. The van der Waals surface area contributed by atoms with Crippen LogP contribution in [-0.2, 0) is 0 Å². The van der Waals surface area contributed by atoms with Crippen LogP contribution in [0.15, 0.2) is 36.4 Å². The Labute approximate surface area is 133 Å². The number of non-ortho nitro benzene ring substituents is 1. The lowest BCUT2D eigenvalue weighted by molar-refractivity contribution is -0.384. The minimum Gasteiger partial charge on any atom is -0.478 e. The van der Waals surface area contributed by atoms with Crippen molar-refractivity contribution in [3.63, 3.8) is 0 Å². The van der Waals surface area contributed by atoms with Crippen molar-refractivity contribution in [2.24, 2.45) is 0 Å². The van der Waals surface area contributed by atoms with Gasteiger partial charge >= 0.3 is 5.97 Å². The van der Waals surface area contributed by atoms with Crippen LogP contribution in [0.4, 0.5) is 15.8 Å². The first kappa shape index (κ1) is 16.4. The van der Waals surface area contributed by atoms with Crippen LogP contribution in [0, 0.1) is 15.9 Å². The van der Waals surface area contributed by atoms with Crippen molar-refractivity contribution in [2.45, 2.75) is 0 Å². The number of benzene rings is 2. The number of carbonyl (C=O) groups excluding carboxylic acids is 1. The monoisotopic (exact) mass is 338 g/mol. The zero-order valence-electron chi connectivity index (χ0n) is 11.2. The van der Waals surface area contributed by atoms with Gasteiger partial charge in [-0.3, -0.25) is 14.9 Å². The van der Waals surface area contributed by atoms with Crippen LogP contribution < -0.4 is 5.32 Å². The molecule has 0 fully saturated rings. The molecule has 0 saturated carbocycles. The molecule has 7 nitrogen and oxygen atoms in total. The molecule has 2 aromatic carbocycles. The maximum Gasteiger partial charge on any atom is 0.338 e. The number of carboxylic acid groups (broad SMARTS) is 1. The molecule has 2 rings (SSSR count). The zero-order chi connectivity index (χ0) is 17.1. The molecule has 0 radical (unpaired) electrons. The van der Waals surface area contributed by atoms with Gasteiger partial charge in [0, 0.05) is 12.1 Å². The van der Waals surface area contributed by atoms with E-state index < -0.39 is 33.9 Å². The highest BCUT2D eigenvalue weighted by Gasteiger charge is 2.19. The Balaban J connectivity index is 2.37. The van der Waals surface area contributed by atoms with Crippen LogP contribution in [0.5, 0.6) is 0 Å². The number of halogens is 2. The highest BCUT2D eigenvalue weighted by molar-refractivity contribution is 6.34. The van der Waals surface area contributed by atoms with E-state index in [0.717, 1.165) is 36.4 Å². The number of nitro benzene ring substituents is 1. The average molecular weight is 339 g/mol. The fourth-order valence-corrected chi connectivity index (χ4v) is 2.05. The molecule has 0 aliphatic carbocycles. The normalized spacial score (nSPS) is 10.2. The molecule has 1 amide bonds. The van der Waals surface area contributed by atoms with Crippen molar-refractivity contribution in [3.05, 3.63) is 68.5 Å². The molecule has 0 saturated heterocycles. The quantitative estimate of drug-likeness (QED) is 0.656. The number of carbonyl (C=O) groups is 2. The van der Waals surface area contributed by atoms with Crippen molar-refractivity contribution < 1.29 is 24.0 Å². The fourth-order valence-electron chi connectivity index (χ4n) is 1.80. The Kier molecular flexibility index (Phi) is 4.56. The Hall–Kier alpha value is -3.00. The number of aromatic carboxylic acids is 1. The highest BCUT2D eigenvalue weighted by atomic mass is 35.5. The molecular weight excluding hydrogens is 331 g/mol. The van der Waals surface area contributed by atoms with Gasteiger partial charge < -0.3 is 10.4 Å². The van der Waals surface area contributed by atoms with Gasteiger partial charge in [0.2, 0.25) is 0 Å². The van der Waals surface area contributed by atoms with Crippen molar-refractivity contribution >= 4 is 34.9 Å². The third kappa shape index (κ3) is 3.61. The number of nitrogens with one attached hydrogen (secondary N) is 1. The SMILES string of the molecule is O=C(Nc1ccc([N+](=O)[O-])cc1C(=O)O)c1ccc(F)cc1Cl. The summed E-state index contributed by atoms with van der Waals surface area (Å²) in [4.78, 5) is 33.2. The summed E-state index contributed by atoms with van der Waals surface area (Å²) in [6, 6.07) is 6.06. The first-order valence-electron chi connectivity index (χ1n) is 6.07. The standard InChI is InChI=1S/C14H8ClFN2O5/c15-11-5-7(16)1-3-9(11)13(19)17-12-4-2-8(18(22)23)6-10(12)14(20)21/h1-6H,(H,17,19)(H,20,21). The smallest absolute Gasteiger partial charge is 0.338 e. The van der Waals surface area contributed by atoms with Gasteiger partial charge in [0.05, 0.1) is 26.8 Å². The Bertz CT molecular complexity index is 825. The molecule has 0 heterocycles. The van der Waals surface area contributed by atoms with Crippen molar-refractivity contribution in [2.75, 3.05) is 5.32 Å². The second-order valence-corrected chi connectivity index (χ2v) is 4.78. The Morgan fingerprint density at radius 1 is 1.17 bits per heavy atom. The van der Waals surface area contributed by atoms with E-state index in [1.165, 1.54) is 0 Å². The number of amides is 1. The van der Waals surface area contributed by atoms with E-state index >= 15 is 0 Å². The first-order chi connectivity index (χ1) is 10.8. The summed E-state index contributed by atoms with van der Waals surface area (Å²) in [6.07, 6.45) is 0. The Morgan fingerprint density at radius 3 is 2.43 bits per heavy atom. The van der Waals surface area contributed by atoms with Gasteiger partial charge in [0.25, 0.3) is 11.6 Å². The molecule has 2 aromatic rings. The predicted octanol–water partition coefficient (Wildman–Crippen LogP) is 3.34. The van der Waals surface area contributed by atoms with Gasteiger partial charge in [0.15, 0.2) is 0 Å². The summed E-state index contributed by atoms with van der Waals surface area (Å²) < 4.78 is 13.0. The summed E-state index contributed by atoms with van der Waals surface area (Å²) in [6.45, 7) is 0. The zero-order valence-corrected chi connectivity index (χ0v) is 12.0. The molecule has 9 heteroatoms. The molecule has 118 valence electrons. The third-order valence-corrected chi connectivity index (χ3v) is 3.18. The maximum absolute atomic E-state index is 13.0. The molecular formula is C14H8ClFN2O5. The van der Waals surface area contributed by atoms with Gasteiger partial charge in [-0.1, -0.05) is 11.6 Å². The van der Waals surface area contributed by atoms with E-state index in [0.29, 0.717) is 0 Å². The van der Waals surface area contributed by atoms with Gasteiger partial charge in [-0.05, 0) is 24.3 Å². The second kappa shape index (κ2) is 6.41. The van der Waals surface area contributed by atoms with Crippen LogP contribution >= 0.6 is 11.6 Å². The minimum absolute atomic E-state index is 0.0669. The number of hydrogen-bond acceptors (Lipinski definition) is 4. The van der Waals surface area contributed by atoms with E-state index in [1.54, 1.807) is 0 Å². The Morgan fingerprint density at radius 2 is 1.87 bits per heavy atom. The van der Waals surface area contributed by atoms with Gasteiger partial charge in [0.1, 0.15) is 5.82 Å². The molecule has 0 aromatic heterocycles. The van der Waals surface area contributed by atoms with Crippen LogP contribution in [0.1, 0.15) is 20.7 Å². The number of hydrogen-bond donors (Lipinski definition) is 2. The van der Waals surface area contributed by atoms with Crippen LogP contribution in [0.2, 0.25) is 5.02 Å². The van der Waals surface area contributed by atoms with E-state index in [-0.39, 0.29) is 16.3 Å². The summed E-state index contributed by atoms with van der Waals surface area (Å²) in [5.41, 5.74) is -1.10. The number of rotatable bonds is 4. The average Bonchev–Trinajstić information content (AvgIpc) is 2.46. The van der Waals surface area contributed by atoms with Crippen LogP contribution in [0.25, 0.3) is 0 Å². The van der Waals surface area contributed by atoms with Crippen molar-refractivity contribution in [3.8, 4) is 0 Å². The lowest BCUT2D eigenvalue weighted by Crippen LogP contribution is -2.15. The second-order valence-electron chi connectivity index (χ2n) is 4.37. The molecule has 0 aliphatic rings. The van der Waals surface area contributed by atoms with E-state index in [4.69, 9.17) is 16.7 Å². The van der Waals surface area contributed by atoms with Crippen LogP contribution in [-0.4, -0.2) is 21.9 Å². The topological polar surface area (TPSA) is 110 Å². The number of carboxylic acids is 1. The lowest BCUT2D eigenvalue weighted by atomic mass is 10.1. The lowest BCUT2D eigenvalue weighted by Gasteiger charge is -2.09. The molecule has 0 spiro atoms. The first-order valence-corrected chi connectivity index (χ1v) is 6.45. The van der Waals surface area contributed by atoms with Crippen LogP contribution in [0.3, 0.4) is 0 Å².